The Morgan fingerprint density at radius 1 is 0.600 bits per heavy atom. The number of aliphatic hydroxyl groups excluding tert-OH is 2. The highest BCUT2D eigenvalue weighted by Gasteiger charge is 2.42. The zero-order valence-electron chi connectivity index (χ0n) is 21.2. The van der Waals surface area contributed by atoms with Gasteiger partial charge in [0.2, 0.25) is 0 Å². The van der Waals surface area contributed by atoms with Gasteiger partial charge in [0.1, 0.15) is 11.5 Å². The molecule has 2 N–H and O–H groups in total. The number of rotatable bonds is 15. The monoisotopic (exact) mass is 476 g/mol. The fourth-order valence-electron chi connectivity index (χ4n) is 5.04. The van der Waals surface area contributed by atoms with Crippen LogP contribution in [0, 0.1) is 0 Å². The van der Waals surface area contributed by atoms with Crippen molar-refractivity contribution < 1.29 is 19.7 Å². The van der Waals surface area contributed by atoms with E-state index in [1.807, 2.05) is 42.5 Å². The molecule has 3 aromatic carbocycles. The smallest absolute Gasteiger partial charge is 0.118 e. The molecule has 0 aromatic heterocycles. The van der Waals surface area contributed by atoms with Crippen LogP contribution in [0.15, 0.2) is 78.9 Å². The highest BCUT2D eigenvalue weighted by Crippen LogP contribution is 2.44. The van der Waals surface area contributed by atoms with E-state index < -0.39 is 11.5 Å². The molecule has 4 nitrogen and oxygen atoms in total. The van der Waals surface area contributed by atoms with Gasteiger partial charge in [-0.25, -0.2) is 0 Å². The van der Waals surface area contributed by atoms with Crippen molar-refractivity contribution in [1.29, 1.82) is 0 Å². The van der Waals surface area contributed by atoms with Gasteiger partial charge in [-0.15, -0.1) is 0 Å². The van der Waals surface area contributed by atoms with Gasteiger partial charge in [-0.1, -0.05) is 93.1 Å². The number of aliphatic hydroxyl groups is 2. The lowest BCUT2D eigenvalue weighted by Gasteiger charge is -2.40. The van der Waals surface area contributed by atoms with Crippen LogP contribution in [-0.4, -0.2) is 37.1 Å². The van der Waals surface area contributed by atoms with Crippen LogP contribution < -0.4 is 9.47 Å². The lowest BCUT2D eigenvalue weighted by atomic mass is 9.64. The zero-order valence-corrected chi connectivity index (χ0v) is 21.2. The van der Waals surface area contributed by atoms with Gasteiger partial charge in [0.05, 0.1) is 25.7 Å². The van der Waals surface area contributed by atoms with Gasteiger partial charge in [0, 0.05) is 6.61 Å². The van der Waals surface area contributed by atoms with Crippen LogP contribution >= 0.6 is 0 Å². The van der Waals surface area contributed by atoms with Crippen LogP contribution in [0.2, 0.25) is 0 Å². The Kier molecular flexibility index (Phi) is 10.6. The Labute approximate surface area is 210 Å². The van der Waals surface area contributed by atoms with Gasteiger partial charge < -0.3 is 19.7 Å². The Bertz CT molecular complexity index is 920. The maximum Gasteiger partial charge on any atom is 0.118 e. The van der Waals surface area contributed by atoms with Crippen LogP contribution in [0.4, 0.5) is 0 Å². The minimum Gasteiger partial charge on any atom is -0.497 e. The second-order valence-corrected chi connectivity index (χ2v) is 9.13. The maximum atomic E-state index is 12.0. The number of methoxy groups -OCH3 is 2. The van der Waals surface area contributed by atoms with E-state index in [9.17, 15) is 5.11 Å². The molecular formula is C31H40O4. The molecule has 0 amide bonds. The summed E-state index contributed by atoms with van der Waals surface area (Å²) in [6, 6.07) is 26.5. The van der Waals surface area contributed by atoms with Gasteiger partial charge in [-0.2, -0.15) is 0 Å². The standard InChI is InChI=1S/C31H40O4/c1-34-28-20-16-26(17-21-28)31(25-13-9-8-10-14-25,27-18-22-29(35-2)23-19-27)30(33)15-11-6-4-3-5-7-12-24-32/h8-10,13-14,16-23,30,32-33H,3-7,11-12,15,24H2,1-2H3. The summed E-state index contributed by atoms with van der Waals surface area (Å²) in [7, 11) is 3.34. The number of hydrogen-bond acceptors (Lipinski definition) is 4. The molecule has 0 spiro atoms. The normalized spacial score (nSPS) is 12.3. The van der Waals surface area contributed by atoms with Crippen molar-refractivity contribution >= 4 is 0 Å². The zero-order chi connectivity index (χ0) is 24.9. The predicted octanol–water partition coefficient (Wildman–Crippen LogP) is 6.51. The molecule has 0 radical (unpaired) electrons. The largest absolute Gasteiger partial charge is 0.497 e. The van der Waals surface area contributed by atoms with Crippen LogP contribution in [0.3, 0.4) is 0 Å². The second kappa shape index (κ2) is 13.9. The van der Waals surface area contributed by atoms with E-state index in [0.717, 1.165) is 66.7 Å². The molecular weight excluding hydrogens is 436 g/mol. The van der Waals surface area contributed by atoms with Crippen molar-refractivity contribution in [3.05, 3.63) is 95.6 Å². The fourth-order valence-corrected chi connectivity index (χ4v) is 5.04. The molecule has 35 heavy (non-hydrogen) atoms. The minimum atomic E-state index is -0.721. The SMILES string of the molecule is COc1ccc(C(c2ccccc2)(c2ccc(OC)cc2)C(O)CCCCCCCCCO)cc1. The van der Waals surface area contributed by atoms with Gasteiger partial charge >= 0.3 is 0 Å². The summed E-state index contributed by atoms with van der Waals surface area (Å²) in [5.41, 5.74) is 2.41. The van der Waals surface area contributed by atoms with Crippen LogP contribution in [0.25, 0.3) is 0 Å². The van der Waals surface area contributed by atoms with Gasteiger partial charge in [-0.05, 0) is 53.8 Å². The summed E-state index contributed by atoms with van der Waals surface area (Å²) in [4.78, 5) is 0. The molecule has 0 fully saturated rings. The molecule has 0 aliphatic carbocycles. The Balaban J connectivity index is 1.94. The lowest BCUT2D eigenvalue weighted by Crippen LogP contribution is -2.42. The van der Waals surface area contributed by atoms with Gasteiger partial charge in [0.15, 0.2) is 0 Å². The number of benzene rings is 3. The minimum absolute atomic E-state index is 0.282. The van der Waals surface area contributed by atoms with E-state index in [1.54, 1.807) is 14.2 Å². The molecule has 0 aliphatic rings. The van der Waals surface area contributed by atoms with Crippen LogP contribution in [0.1, 0.15) is 68.1 Å². The molecule has 3 rings (SSSR count). The molecule has 0 saturated heterocycles. The highest BCUT2D eigenvalue weighted by atomic mass is 16.5. The Morgan fingerprint density at radius 2 is 1.03 bits per heavy atom. The predicted molar refractivity (Wildman–Crippen MR) is 142 cm³/mol. The average molecular weight is 477 g/mol. The quantitative estimate of drug-likeness (QED) is 0.194. The summed E-state index contributed by atoms with van der Waals surface area (Å²) in [6.45, 7) is 0.282. The summed E-state index contributed by atoms with van der Waals surface area (Å²) in [5, 5.41) is 20.9. The molecule has 3 aromatic rings. The molecule has 0 bridgehead atoms. The molecule has 188 valence electrons. The van der Waals surface area contributed by atoms with Crippen molar-refractivity contribution in [2.24, 2.45) is 0 Å². The third kappa shape index (κ3) is 6.65. The van der Waals surface area contributed by atoms with Crippen molar-refractivity contribution in [3.8, 4) is 11.5 Å². The van der Waals surface area contributed by atoms with E-state index in [2.05, 4.69) is 36.4 Å². The number of unbranched alkanes of at least 4 members (excludes halogenated alkanes) is 6. The summed E-state index contributed by atoms with van der Waals surface area (Å²) in [5.74, 6) is 1.59. The summed E-state index contributed by atoms with van der Waals surface area (Å²) >= 11 is 0. The molecule has 0 saturated carbocycles. The van der Waals surface area contributed by atoms with E-state index in [1.165, 1.54) is 6.42 Å². The van der Waals surface area contributed by atoms with Gasteiger partial charge in [0.25, 0.3) is 0 Å². The number of ether oxygens (including phenoxy) is 2. The molecule has 1 unspecified atom stereocenters. The molecule has 1 atom stereocenters. The first-order valence-corrected chi connectivity index (χ1v) is 12.8. The summed E-state index contributed by atoms with van der Waals surface area (Å²) in [6.07, 6.45) is 7.61. The summed E-state index contributed by atoms with van der Waals surface area (Å²) < 4.78 is 10.8. The van der Waals surface area contributed by atoms with E-state index in [4.69, 9.17) is 14.6 Å². The van der Waals surface area contributed by atoms with Crippen molar-refractivity contribution in [2.75, 3.05) is 20.8 Å². The van der Waals surface area contributed by atoms with E-state index in [0.29, 0.717) is 6.42 Å². The topological polar surface area (TPSA) is 58.9 Å². The van der Waals surface area contributed by atoms with E-state index in [-0.39, 0.29) is 6.61 Å². The fraction of sp³-hybridized carbons (Fsp3) is 0.419. The second-order valence-electron chi connectivity index (χ2n) is 9.13. The van der Waals surface area contributed by atoms with Crippen molar-refractivity contribution in [3.63, 3.8) is 0 Å². The van der Waals surface area contributed by atoms with Gasteiger partial charge in [-0.3, -0.25) is 0 Å². The Morgan fingerprint density at radius 3 is 1.49 bits per heavy atom. The average Bonchev–Trinajstić information content (AvgIpc) is 2.92. The highest BCUT2D eigenvalue weighted by molar-refractivity contribution is 5.53. The first kappa shape index (κ1) is 26.8. The first-order chi connectivity index (χ1) is 17.2. The van der Waals surface area contributed by atoms with E-state index >= 15 is 0 Å². The number of hydrogen-bond donors (Lipinski definition) is 2. The maximum absolute atomic E-state index is 12.0. The molecule has 0 aliphatic heterocycles. The third-order valence-electron chi connectivity index (χ3n) is 6.96. The van der Waals surface area contributed by atoms with Crippen molar-refractivity contribution in [1.82, 2.24) is 0 Å². The third-order valence-corrected chi connectivity index (χ3v) is 6.96. The first-order valence-electron chi connectivity index (χ1n) is 12.8. The van der Waals surface area contributed by atoms with Crippen molar-refractivity contribution in [2.45, 2.75) is 62.9 Å². The van der Waals surface area contributed by atoms with Crippen LogP contribution in [0.5, 0.6) is 11.5 Å². The lowest BCUT2D eigenvalue weighted by molar-refractivity contribution is 0.109. The molecule has 0 heterocycles. The Hall–Kier alpha value is -2.82. The van der Waals surface area contributed by atoms with Crippen LogP contribution in [-0.2, 0) is 5.41 Å². The molecule has 4 heteroatoms.